The normalized spacial score (nSPS) is 34.2. The molecular formula is C3H5FO. The first-order valence-corrected chi connectivity index (χ1v) is 1.61. The molecule has 1 aliphatic heterocycles. The predicted molar refractivity (Wildman–Crippen MR) is 15.7 cm³/mol. The third kappa shape index (κ3) is 0.581. The van der Waals surface area contributed by atoms with Crippen LogP contribution in [0, 0.1) is 0 Å². The van der Waals surface area contributed by atoms with E-state index in [1.165, 1.54) is 0 Å². The zero-order valence-electron chi connectivity index (χ0n) is 2.78. The number of halogens is 1. The molecule has 1 fully saturated rings. The Bertz CT molecular complexity index is 33.9. The summed E-state index contributed by atoms with van der Waals surface area (Å²) in [5.41, 5.74) is 0. The lowest BCUT2D eigenvalue weighted by molar-refractivity contribution is 0.346. The van der Waals surface area contributed by atoms with E-state index in [9.17, 15) is 4.39 Å². The summed E-state index contributed by atoms with van der Waals surface area (Å²) in [5.74, 6) is 0. The van der Waals surface area contributed by atoms with E-state index < -0.39 is 0 Å². The molecule has 1 heterocycles. The van der Waals surface area contributed by atoms with Gasteiger partial charge in [-0.2, -0.15) is 0 Å². The molecule has 1 atom stereocenters. The number of hydrogen-bond acceptors (Lipinski definition) is 1. The van der Waals surface area contributed by atoms with Gasteiger partial charge in [0.1, 0.15) is 12.8 Å². The van der Waals surface area contributed by atoms with Crippen LogP contribution in [0.3, 0.4) is 0 Å². The Morgan fingerprint density at radius 2 is 2.60 bits per heavy atom. The SMILES string of the molecule is FC[C@@H]1CO1. The van der Waals surface area contributed by atoms with Gasteiger partial charge in [0, 0.05) is 0 Å². The molecule has 1 aliphatic rings. The van der Waals surface area contributed by atoms with Gasteiger partial charge in [-0.1, -0.05) is 0 Å². The average molecular weight is 76.1 g/mol. The van der Waals surface area contributed by atoms with E-state index in [0.29, 0.717) is 6.61 Å². The van der Waals surface area contributed by atoms with Gasteiger partial charge in [-0.05, 0) is 0 Å². The van der Waals surface area contributed by atoms with Crippen LogP contribution in [-0.2, 0) is 4.74 Å². The molecule has 0 radical (unpaired) electrons. The van der Waals surface area contributed by atoms with Crippen LogP contribution in [0.2, 0.25) is 0 Å². The highest BCUT2D eigenvalue weighted by atomic mass is 19.1. The summed E-state index contributed by atoms with van der Waals surface area (Å²) in [7, 11) is 0. The van der Waals surface area contributed by atoms with Crippen molar-refractivity contribution < 1.29 is 9.13 Å². The molecule has 5 heavy (non-hydrogen) atoms. The minimum Gasteiger partial charge on any atom is -0.370 e. The fourth-order valence-electron chi connectivity index (χ4n) is 0.157. The second-order valence-electron chi connectivity index (χ2n) is 1.11. The molecule has 0 aliphatic carbocycles. The van der Waals surface area contributed by atoms with E-state index in [1.807, 2.05) is 0 Å². The highest BCUT2D eigenvalue weighted by molar-refractivity contribution is 4.65. The van der Waals surface area contributed by atoms with Crippen molar-refractivity contribution in [2.24, 2.45) is 0 Å². The fourth-order valence-corrected chi connectivity index (χ4v) is 0.157. The van der Waals surface area contributed by atoms with E-state index in [-0.39, 0.29) is 12.8 Å². The van der Waals surface area contributed by atoms with Crippen molar-refractivity contribution in [1.82, 2.24) is 0 Å². The second kappa shape index (κ2) is 0.937. The Morgan fingerprint density at radius 3 is 2.60 bits per heavy atom. The van der Waals surface area contributed by atoms with Gasteiger partial charge >= 0.3 is 0 Å². The van der Waals surface area contributed by atoms with Gasteiger partial charge in [0.25, 0.3) is 0 Å². The van der Waals surface area contributed by atoms with Crippen LogP contribution in [0.5, 0.6) is 0 Å². The van der Waals surface area contributed by atoms with Crippen LogP contribution in [-0.4, -0.2) is 19.4 Å². The van der Waals surface area contributed by atoms with Crippen LogP contribution < -0.4 is 0 Å². The van der Waals surface area contributed by atoms with E-state index in [1.54, 1.807) is 0 Å². The van der Waals surface area contributed by atoms with Crippen LogP contribution in [0.25, 0.3) is 0 Å². The van der Waals surface area contributed by atoms with Crippen LogP contribution in [0.15, 0.2) is 0 Å². The van der Waals surface area contributed by atoms with Crippen LogP contribution in [0.1, 0.15) is 0 Å². The number of hydrogen-bond donors (Lipinski definition) is 0. The zero-order chi connectivity index (χ0) is 3.70. The molecule has 30 valence electrons. The van der Waals surface area contributed by atoms with Crippen molar-refractivity contribution >= 4 is 0 Å². The van der Waals surface area contributed by atoms with E-state index >= 15 is 0 Å². The van der Waals surface area contributed by atoms with Crippen molar-refractivity contribution in [1.29, 1.82) is 0 Å². The predicted octanol–water partition coefficient (Wildman–Crippen LogP) is 0.355. The smallest absolute Gasteiger partial charge is 0.118 e. The van der Waals surface area contributed by atoms with E-state index in [4.69, 9.17) is 0 Å². The van der Waals surface area contributed by atoms with Crippen molar-refractivity contribution in [3.8, 4) is 0 Å². The Hall–Kier alpha value is -0.110. The lowest BCUT2D eigenvalue weighted by atomic mass is 10.6. The first-order chi connectivity index (χ1) is 2.43. The molecule has 0 aromatic carbocycles. The summed E-state index contributed by atoms with van der Waals surface area (Å²) in [5, 5.41) is 0. The largest absolute Gasteiger partial charge is 0.370 e. The third-order valence-electron chi connectivity index (χ3n) is 0.574. The van der Waals surface area contributed by atoms with Gasteiger partial charge in [0.2, 0.25) is 0 Å². The molecule has 0 spiro atoms. The van der Waals surface area contributed by atoms with Gasteiger partial charge in [0.15, 0.2) is 0 Å². The minimum atomic E-state index is -0.306. The van der Waals surface area contributed by atoms with Gasteiger partial charge in [-0.15, -0.1) is 0 Å². The van der Waals surface area contributed by atoms with Crippen molar-refractivity contribution in [2.45, 2.75) is 6.10 Å². The summed E-state index contributed by atoms with van der Waals surface area (Å²) in [6, 6.07) is 0. The molecule has 0 bridgehead atoms. The Balaban J connectivity index is 2.00. The summed E-state index contributed by atoms with van der Waals surface area (Å²) in [6.45, 7) is 0.330. The van der Waals surface area contributed by atoms with E-state index in [2.05, 4.69) is 4.74 Å². The summed E-state index contributed by atoms with van der Waals surface area (Å²) in [4.78, 5) is 0. The van der Waals surface area contributed by atoms with Crippen molar-refractivity contribution in [3.63, 3.8) is 0 Å². The number of rotatable bonds is 1. The molecule has 0 saturated carbocycles. The summed E-state index contributed by atoms with van der Waals surface area (Å²) >= 11 is 0. The quantitative estimate of drug-likeness (QED) is 0.411. The molecule has 0 aromatic heterocycles. The van der Waals surface area contributed by atoms with Crippen molar-refractivity contribution in [3.05, 3.63) is 0 Å². The highest BCUT2D eigenvalue weighted by Crippen LogP contribution is 2.07. The standard InChI is InChI=1S/C3H5FO/c4-1-3-2-5-3/h3H,1-2H2/t3-/m1/s1. The molecular weight excluding hydrogens is 71.0 g/mol. The van der Waals surface area contributed by atoms with Gasteiger partial charge < -0.3 is 4.74 Å². The molecule has 0 amide bonds. The van der Waals surface area contributed by atoms with Gasteiger partial charge in [0.05, 0.1) is 6.61 Å². The maximum absolute atomic E-state index is 11.1. The summed E-state index contributed by atoms with van der Waals surface area (Å²) in [6.07, 6.45) is -0.0324. The Morgan fingerprint density at radius 1 is 2.00 bits per heavy atom. The number of alkyl halides is 1. The minimum absolute atomic E-state index is 0.0324. The Kier molecular flexibility index (Phi) is 0.580. The average Bonchev–Trinajstić information content (AvgIpc) is 2.12. The molecule has 0 N–H and O–H groups in total. The van der Waals surface area contributed by atoms with Crippen molar-refractivity contribution in [2.75, 3.05) is 13.3 Å². The molecule has 1 saturated heterocycles. The molecule has 2 heteroatoms. The topological polar surface area (TPSA) is 12.5 Å². The summed E-state index contributed by atoms with van der Waals surface area (Å²) < 4.78 is 15.5. The molecule has 0 aromatic rings. The van der Waals surface area contributed by atoms with E-state index in [0.717, 1.165) is 0 Å². The lowest BCUT2D eigenvalue weighted by Crippen LogP contribution is -1.81. The Labute approximate surface area is 29.7 Å². The molecule has 1 rings (SSSR count). The van der Waals surface area contributed by atoms with Gasteiger partial charge in [-0.25, -0.2) is 4.39 Å². The van der Waals surface area contributed by atoms with Gasteiger partial charge in [-0.3, -0.25) is 0 Å². The van der Waals surface area contributed by atoms with Crippen LogP contribution >= 0.6 is 0 Å². The molecule has 0 unspecified atom stereocenters. The number of ether oxygens (including phenoxy) is 1. The first-order valence-electron chi connectivity index (χ1n) is 1.61. The lowest BCUT2D eigenvalue weighted by Gasteiger charge is -1.66. The first kappa shape index (κ1) is 3.09. The molecule has 1 nitrogen and oxygen atoms in total. The maximum atomic E-state index is 11.1. The fraction of sp³-hybridized carbons (Fsp3) is 1.00. The number of epoxide rings is 1. The van der Waals surface area contributed by atoms with Crippen LogP contribution in [0.4, 0.5) is 4.39 Å². The zero-order valence-corrected chi connectivity index (χ0v) is 2.78. The monoisotopic (exact) mass is 76.0 g/mol. The second-order valence-corrected chi connectivity index (χ2v) is 1.11. The maximum Gasteiger partial charge on any atom is 0.118 e. The third-order valence-corrected chi connectivity index (χ3v) is 0.574. The highest BCUT2D eigenvalue weighted by Gasteiger charge is 2.20.